The van der Waals surface area contributed by atoms with Crippen LogP contribution in [0.15, 0.2) is 60.0 Å². The zero-order chi connectivity index (χ0) is 42.2. The summed E-state index contributed by atoms with van der Waals surface area (Å²) in [4.78, 5) is 37.7. The van der Waals surface area contributed by atoms with Crippen molar-refractivity contribution < 1.29 is 45.1 Å². The molecule has 2 aromatic heterocycles. The van der Waals surface area contributed by atoms with Gasteiger partial charge >= 0.3 is 12.1 Å². The normalized spacial score (nSPS) is 20.7. The molecule has 2 aliphatic carbocycles. The third-order valence-electron chi connectivity index (χ3n) is 11.1. The second-order valence-corrected chi connectivity index (χ2v) is 16.9. The van der Waals surface area contributed by atoms with Gasteiger partial charge in [-0.25, -0.2) is 36.9 Å². The first-order valence-corrected chi connectivity index (χ1v) is 18.7. The minimum absolute atomic E-state index is 0.0185. The van der Waals surface area contributed by atoms with Crippen LogP contribution in [0.3, 0.4) is 0 Å². The van der Waals surface area contributed by atoms with Crippen LogP contribution in [0.2, 0.25) is 5.02 Å². The first-order valence-electron chi connectivity index (χ1n) is 18.3. The third-order valence-corrected chi connectivity index (χ3v) is 11.4. The monoisotopic (exact) mass is 837 g/mol. The molecule has 20 heteroatoms. The number of aliphatic imine (C=N–C) groups is 1. The average Bonchev–Trinajstić information content (AvgIpc) is 3.97. The summed E-state index contributed by atoms with van der Waals surface area (Å²) >= 11 is 6.46. The van der Waals surface area contributed by atoms with Crippen LogP contribution in [0, 0.1) is 10.8 Å². The molecule has 2 saturated carbocycles. The maximum Gasteiger partial charge on any atom is 0.413 e. The van der Waals surface area contributed by atoms with Gasteiger partial charge in [0, 0.05) is 11.0 Å². The van der Waals surface area contributed by atoms with Crippen LogP contribution in [0.4, 0.5) is 30.7 Å². The molecule has 12 nitrogen and oxygen atoms in total. The van der Waals surface area contributed by atoms with Crippen LogP contribution < -0.4 is 5.73 Å². The number of hydrogen-bond donors (Lipinski definition) is 1. The number of guanidine groups is 1. The number of alkyl halides is 7. The summed E-state index contributed by atoms with van der Waals surface area (Å²) in [6.45, 7) is 5.76. The Kier molecular flexibility index (Phi) is 9.95. The van der Waals surface area contributed by atoms with Gasteiger partial charge in [0.1, 0.15) is 18.6 Å². The first-order chi connectivity index (χ1) is 27.0. The van der Waals surface area contributed by atoms with Gasteiger partial charge in [0.05, 0.1) is 29.4 Å². The van der Waals surface area contributed by atoms with Gasteiger partial charge in [0.2, 0.25) is 0 Å². The smallest absolute Gasteiger partial charge is 0.413 e. The van der Waals surface area contributed by atoms with Crippen LogP contribution in [0.25, 0.3) is 16.9 Å². The number of rotatable bonds is 13. The number of aromatic nitrogens is 6. The van der Waals surface area contributed by atoms with Crippen molar-refractivity contribution in [3.05, 3.63) is 77.0 Å². The number of carbonyl (C=O) groups excluding carboxylic acids is 2. The number of benzene rings is 2. The molecule has 0 unspecified atom stereocenters. The quantitative estimate of drug-likeness (QED) is 0.105. The summed E-state index contributed by atoms with van der Waals surface area (Å²) < 4.78 is 105. The molecule has 0 bridgehead atoms. The van der Waals surface area contributed by atoms with E-state index in [0.29, 0.717) is 11.1 Å². The molecular weight excluding hydrogens is 799 g/mol. The molecule has 2 N–H and O–H groups in total. The maximum atomic E-state index is 15.0. The molecule has 1 aliphatic heterocycles. The zero-order valence-corrected chi connectivity index (χ0v) is 32.5. The van der Waals surface area contributed by atoms with Crippen molar-refractivity contribution in [3.8, 4) is 16.9 Å². The van der Waals surface area contributed by atoms with E-state index in [-0.39, 0.29) is 60.0 Å². The molecule has 1 amide bonds. The minimum Gasteiger partial charge on any atom is -0.463 e. The Bertz CT molecular complexity index is 2260. The molecule has 2 atom stereocenters. The van der Waals surface area contributed by atoms with E-state index in [4.69, 9.17) is 27.1 Å². The van der Waals surface area contributed by atoms with Crippen LogP contribution in [0.5, 0.6) is 0 Å². The highest BCUT2D eigenvalue weighted by Gasteiger charge is 2.66. The predicted octanol–water partition coefficient (Wildman–Crippen LogP) is 8.07. The van der Waals surface area contributed by atoms with Gasteiger partial charge in [-0.2, -0.15) is 18.3 Å². The number of esters is 1. The molecule has 3 heterocycles. The molecule has 0 saturated heterocycles. The van der Waals surface area contributed by atoms with Gasteiger partial charge in [0.15, 0.2) is 22.9 Å². The Morgan fingerprint density at radius 2 is 1.67 bits per heavy atom. The summed E-state index contributed by atoms with van der Waals surface area (Å²) in [5.41, 5.74) is 1.75. The minimum atomic E-state index is -4.51. The Hall–Kier alpha value is -5.07. The van der Waals surface area contributed by atoms with E-state index in [2.05, 4.69) is 20.4 Å². The van der Waals surface area contributed by atoms with Gasteiger partial charge in [-0.1, -0.05) is 67.9 Å². The van der Waals surface area contributed by atoms with Gasteiger partial charge in [-0.05, 0) is 67.7 Å². The molecule has 58 heavy (non-hydrogen) atoms. The predicted molar refractivity (Wildman–Crippen MR) is 195 cm³/mol. The molecule has 2 fully saturated rings. The fourth-order valence-electron chi connectivity index (χ4n) is 7.58. The summed E-state index contributed by atoms with van der Waals surface area (Å²) in [6.07, 6.45) is -5.91. The van der Waals surface area contributed by atoms with Gasteiger partial charge in [-0.15, -0.1) is 5.10 Å². The van der Waals surface area contributed by atoms with E-state index in [9.17, 15) is 35.5 Å². The van der Waals surface area contributed by atoms with Crippen LogP contribution in [-0.2, 0) is 25.4 Å². The number of nitrogens with two attached hydrogens (primary N) is 1. The van der Waals surface area contributed by atoms with Crippen LogP contribution >= 0.6 is 11.6 Å². The summed E-state index contributed by atoms with van der Waals surface area (Å²) in [5, 5.41) is 11.6. The summed E-state index contributed by atoms with van der Waals surface area (Å²) in [7, 11) is 0. The Balaban J connectivity index is 1.25. The number of nitrogens with zero attached hydrogens (tertiary/aromatic N) is 8. The molecule has 310 valence electrons. The highest BCUT2D eigenvalue weighted by Crippen LogP contribution is 2.59. The van der Waals surface area contributed by atoms with E-state index in [1.54, 1.807) is 24.3 Å². The van der Waals surface area contributed by atoms with E-state index in [1.807, 2.05) is 20.8 Å². The molecular formula is C38H39ClF7N9O3. The first kappa shape index (κ1) is 41.1. The van der Waals surface area contributed by atoms with Crippen molar-refractivity contribution in [2.45, 2.75) is 102 Å². The highest BCUT2D eigenvalue weighted by molar-refractivity contribution is 6.32. The van der Waals surface area contributed by atoms with Crippen molar-refractivity contribution in [2.24, 2.45) is 21.6 Å². The molecule has 0 radical (unpaired) electrons. The van der Waals surface area contributed by atoms with Crippen LogP contribution in [-0.4, -0.2) is 71.2 Å². The van der Waals surface area contributed by atoms with E-state index < -0.39 is 77.2 Å². The topological polar surface area (TPSA) is 146 Å². The Morgan fingerprint density at radius 3 is 2.24 bits per heavy atom. The van der Waals surface area contributed by atoms with E-state index >= 15 is 4.79 Å². The SMILES string of the molecule is CC(C)(C)C[C@]1(c2ccc(-c3cn(C4(C(F)(F)F)CC4)nn3)cc2)N=C(N)N([C@H](COC(=O)CC2(C(C)(F)F)CC2)c2ccc(Cl)c(-n3ncnc3C(F)F)c2)C1=O. The summed E-state index contributed by atoms with van der Waals surface area (Å²) in [5.74, 6) is -5.79. The molecule has 4 aromatic rings. The second-order valence-electron chi connectivity index (χ2n) is 16.5. The third kappa shape index (κ3) is 7.29. The van der Waals surface area contributed by atoms with Crippen molar-refractivity contribution in [2.75, 3.05) is 6.61 Å². The van der Waals surface area contributed by atoms with Crippen LogP contribution in [0.1, 0.15) is 95.6 Å². The number of amides is 1. The lowest BCUT2D eigenvalue weighted by Crippen LogP contribution is -2.47. The number of hydrogen-bond acceptors (Lipinski definition) is 9. The molecule has 2 aromatic carbocycles. The standard InChI is InChI=1S/C38H39ClF7N9O3/c1-33(2,3)19-37(23-8-5-21(6-9-23)25-17-53(52-51-25)36(13-14-36)38(44,45)46)31(57)54(32(47)50-37)27(18-58-28(56)16-35(11-12-35)34(4,42)43)22-7-10-24(39)26(15-22)55-30(29(40)41)48-20-49-55/h5-10,15,17,20,27,29H,11-14,16,18-19H2,1-4H3,(H2,47,50)/t27-,37-/m1/s1. The Labute approximate surface area is 332 Å². The molecule has 3 aliphatic rings. The van der Waals surface area contributed by atoms with E-state index in [0.717, 1.165) is 27.5 Å². The lowest BCUT2D eigenvalue weighted by atomic mass is 9.75. The lowest BCUT2D eigenvalue weighted by molar-refractivity contribution is -0.183. The number of ether oxygens (including phenoxy) is 1. The Morgan fingerprint density at radius 1 is 1.00 bits per heavy atom. The number of carbonyl (C=O) groups is 2. The largest absolute Gasteiger partial charge is 0.463 e. The van der Waals surface area contributed by atoms with Crippen molar-refractivity contribution in [3.63, 3.8) is 0 Å². The fourth-order valence-corrected chi connectivity index (χ4v) is 7.78. The maximum absolute atomic E-state index is 15.0. The average molecular weight is 838 g/mol. The second kappa shape index (κ2) is 14.0. The molecule has 0 spiro atoms. The highest BCUT2D eigenvalue weighted by atomic mass is 35.5. The van der Waals surface area contributed by atoms with Crippen molar-refractivity contribution >= 4 is 29.4 Å². The van der Waals surface area contributed by atoms with Crippen molar-refractivity contribution in [1.29, 1.82) is 0 Å². The van der Waals surface area contributed by atoms with Gasteiger partial charge in [0.25, 0.3) is 18.3 Å². The van der Waals surface area contributed by atoms with E-state index in [1.165, 1.54) is 24.4 Å². The summed E-state index contributed by atoms with van der Waals surface area (Å²) in [6, 6.07) is 9.20. The molecule has 7 rings (SSSR count). The van der Waals surface area contributed by atoms with Crippen molar-refractivity contribution in [1.82, 2.24) is 34.7 Å². The van der Waals surface area contributed by atoms with Gasteiger partial charge in [-0.3, -0.25) is 14.5 Å². The van der Waals surface area contributed by atoms with Gasteiger partial charge < -0.3 is 10.5 Å². The number of halogens is 8. The fraction of sp³-hybridized carbons (Fsp3) is 0.500. The zero-order valence-electron chi connectivity index (χ0n) is 31.7. The lowest BCUT2D eigenvalue weighted by Gasteiger charge is -2.35.